The van der Waals surface area contributed by atoms with Gasteiger partial charge in [-0.05, 0) is 57.2 Å². The van der Waals surface area contributed by atoms with E-state index in [0.29, 0.717) is 23.5 Å². The number of aliphatic hydroxyl groups excluding tert-OH is 1. The van der Waals surface area contributed by atoms with Gasteiger partial charge < -0.3 is 69.7 Å². The maximum absolute atomic E-state index is 13.1. The number of hydrogen-bond donors (Lipinski definition) is 7. The van der Waals surface area contributed by atoms with Crippen LogP contribution in [0.25, 0.3) is 0 Å². The van der Waals surface area contributed by atoms with Gasteiger partial charge in [-0.2, -0.15) is 0 Å². The van der Waals surface area contributed by atoms with Gasteiger partial charge in [-0.25, -0.2) is 9.59 Å². The van der Waals surface area contributed by atoms with Gasteiger partial charge in [0.05, 0.1) is 42.5 Å². The molecule has 0 radical (unpaired) electrons. The quantitative estimate of drug-likeness (QED) is 0.0413. The summed E-state index contributed by atoms with van der Waals surface area (Å²) >= 11 is 0. The van der Waals surface area contributed by atoms with Gasteiger partial charge in [0.2, 0.25) is 5.91 Å². The van der Waals surface area contributed by atoms with Crippen molar-refractivity contribution in [1.82, 2.24) is 29.7 Å². The number of alkyl carbamates (subject to hydrolysis) is 1. The smallest absolute Gasteiger partial charge is 0.407 e. The summed E-state index contributed by atoms with van der Waals surface area (Å²) in [5.41, 5.74) is 2.48. The van der Waals surface area contributed by atoms with Gasteiger partial charge in [0.15, 0.2) is 6.29 Å². The number of carbonyl (C=O) groups is 6. The lowest BCUT2D eigenvalue weighted by molar-refractivity contribution is -0.213. The minimum atomic E-state index is -0.966. The van der Waals surface area contributed by atoms with E-state index in [2.05, 4.69) is 31.9 Å². The zero-order valence-electron chi connectivity index (χ0n) is 36.8. The highest BCUT2D eigenvalue weighted by Crippen LogP contribution is 2.24. The Hall–Kier alpha value is -5.86. The Balaban J connectivity index is 1.34. The third-order valence-electron chi connectivity index (χ3n) is 8.88. The van der Waals surface area contributed by atoms with Crippen LogP contribution in [0.3, 0.4) is 0 Å². The lowest BCUT2D eigenvalue weighted by atomic mass is 9.89. The van der Waals surface area contributed by atoms with Crippen molar-refractivity contribution in [2.45, 2.75) is 85.3 Å². The van der Waals surface area contributed by atoms with Crippen molar-refractivity contribution < 1.29 is 52.8 Å². The summed E-state index contributed by atoms with van der Waals surface area (Å²) in [4.78, 5) is 76.0. The number of anilines is 3. The lowest BCUT2D eigenvalue weighted by Crippen LogP contribution is -2.41. The number of rotatable bonds is 23. The third kappa shape index (κ3) is 16.6. The van der Waals surface area contributed by atoms with Crippen LogP contribution >= 0.6 is 0 Å². The van der Waals surface area contributed by atoms with Gasteiger partial charge in [0.1, 0.15) is 29.7 Å². The Morgan fingerprint density at radius 2 is 1.28 bits per heavy atom. The molecule has 20 heteroatoms. The Morgan fingerprint density at radius 3 is 1.79 bits per heavy atom. The summed E-state index contributed by atoms with van der Waals surface area (Å²) in [6.07, 6.45) is 3.28. The second-order valence-electron chi connectivity index (χ2n) is 16.0. The minimum Gasteiger partial charge on any atom is -0.464 e. The first-order chi connectivity index (χ1) is 28.7. The van der Waals surface area contributed by atoms with Crippen molar-refractivity contribution in [1.29, 1.82) is 0 Å². The van der Waals surface area contributed by atoms with Crippen LogP contribution in [0, 0.1) is 5.41 Å². The molecule has 0 aromatic carbocycles. The minimum absolute atomic E-state index is 0.0249. The number of nitrogens with one attached hydrogen (secondary N) is 6. The second kappa shape index (κ2) is 23.2. The number of amides is 5. The molecule has 7 N–H and O–H groups in total. The maximum Gasteiger partial charge on any atom is 0.407 e. The Bertz CT molecular complexity index is 1960. The molecule has 0 bridgehead atoms. The number of aromatic nitrogens is 3. The molecule has 20 nitrogen and oxygen atoms in total. The van der Waals surface area contributed by atoms with Crippen LogP contribution in [0.4, 0.5) is 21.9 Å². The lowest BCUT2D eigenvalue weighted by Gasteiger charge is -2.29. The van der Waals surface area contributed by atoms with Gasteiger partial charge in [-0.15, -0.1) is 0 Å². The van der Waals surface area contributed by atoms with Gasteiger partial charge >= 0.3 is 12.1 Å². The number of esters is 1. The molecule has 0 fully saturated rings. The van der Waals surface area contributed by atoms with Crippen LogP contribution in [0.15, 0.2) is 36.8 Å². The molecule has 0 saturated heterocycles. The van der Waals surface area contributed by atoms with Crippen molar-refractivity contribution in [3.63, 3.8) is 0 Å². The number of aryl methyl sites for hydroxylation is 3. The molecule has 0 saturated carbocycles. The molecule has 0 spiro atoms. The highest BCUT2D eigenvalue weighted by molar-refractivity contribution is 6.07. The van der Waals surface area contributed by atoms with Crippen molar-refractivity contribution in [2.24, 2.45) is 26.6 Å². The average Bonchev–Trinajstić information content (AvgIpc) is 3.86. The van der Waals surface area contributed by atoms with Crippen LogP contribution in [-0.2, 0) is 49.7 Å². The molecule has 61 heavy (non-hydrogen) atoms. The molecule has 3 heterocycles. The van der Waals surface area contributed by atoms with E-state index in [1.807, 2.05) is 20.8 Å². The van der Waals surface area contributed by atoms with E-state index in [1.165, 1.54) is 13.0 Å². The summed E-state index contributed by atoms with van der Waals surface area (Å²) in [6.45, 7) is 10.7. The highest BCUT2D eigenvalue weighted by Gasteiger charge is 2.25. The van der Waals surface area contributed by atoms with E-state index >= 15 is 0 Å². The molecule has 0 aliphatic carbocycles. The van der Waals surface area contributed by atoms with Crippen LogP contribution in [0.1, 0.15) is 92.3 Å². The summed E-state index contributed by atoms with van der Waals surface area (Å²) in [7, 11) is 6.85. The first kappa shape index (κ1) is 49.5. The maximum atomic E-state index is 13.1. The van der Waals surface area contributed by atoms with E-state index in [1.54, 1.807) is 86.5 Å². The molecule has 3 atom stereocenters. The predicted octanol–water partition coefficient (Wildman–Crippen LogP) is 3.10. The summed E-state index contributed by atoms with van der Waals surface area (Å²) < 4.78 is 26.8. The van der Waals surface area contributed by atoms with Crippen molar-refractivity contribution in [2.75, 3.05) is 55.9 Å². The van der Waals surface area contributed by atoms with Crippen molar-refractivity contribution >= 4 is 52.8 Å². The zero-order valence-corrected chi connectivity index (χ0v) is 36.8. The normalized spacial score (nSPS) is 12.9. The fourth-order valence-electron chi connectivity index (χ4n) is 6.01. The second-order valence-corrected chi connectivity index (χ2v) is 16.0. The van der Waals surface area contributed by atoms with Gasteiger partial charge in [-0.3, -0.25) is 19.2 Å². The first-order valence-electron chi connectivity index (χ1n) is 20.1. The van der Waals surface area contributed by atoms with E-state index < -0.39 is 48.2 Å². The predicted molar refractivity (Wildman–Crippen MR) is 227 cm³/mol. The molecule has 5 amide bonds. The number of ether oxygens (including phenoxy) is 4. The molecule has 2 unspecified atom stereocenters. The standard InChI is InChI=1S/C41H63N9O11/c1-25(2)60-35(61-30(23-51)19-41(4,5)6)24-59-40(57)44-14-12-34(52)45-26(3)39(56)58-15-11-13-43-36(53)31-17-28(21-49(31)9)46-38(55)33-18-29(22-50(33)10)47-37(54)32-16-27(42-7)20-48(32)8/h16-18,20-22,25-26,30,35,42,51H,11-15,19,23-24H2,1-10H3,(H,43,53)(H,44,57)(H,45,52)(H,46,55)(H,47,54)/t26-,30?,35?/m0/s1. The van der Waals surface area contributed by atoms with E-state index in [0.717, 1.165) is 5.69 Å². The molecule has 3 rings (SSSR count). The SMILES string of the molecule is CNc1cc(C(=O)Nc2cc(C(=O)Nc3cc(C(=O)NCCCOC(=O)[C@H](C)NC(=O)CCNC(=O)OCC(OC(C)C)OC(CO)CC(C)(C)C)n(C)c3)n(C)c2)n(C)c1. The fourth-order valence-corrected chi connectivity index (χ4v) is 6.01. The van der Waals surface area contributed by atoms with Gasteiger partial charge in [0.25, 0.3) is 17.7 Å². The first-order valence-corrected chi connectivity index (χ1v) is 20.1. The summed E-state index contributed by atoms with van der Waals surface area (Å²) in [6, 6.07) is 3.82. The monoisotopic (exact) mass is 857 g/mol. The molecule has 338 valence electrons. The third-order valence-corrected chi connectivity index (χ3v) is 8.88. The van der Waals surface area contributed by atoms with E-state index in [9.17, 15) is 33.9 Å². The zero-order chi connectivity index (χ0) is 45.4. The van der Waals surface area contributed by atoms with Crippen LogP contribution < -0.4 is 31.9 Å². The van der Waals surface area contributed by atoms with Crippen LogP contribution in [-0.4, -0.2) is 119 Å². The van der Waals surface area contributed by atoms with Crippen molar-refractivity contribution in [3.05, 3.63) is 53.9 Å². The Labute approximate surface area is 356 Å². The molecule has 3 aromatic heterocycles. The average molecular weight is 858 g/mol. The van der Waals surface area contributed by atoms with Crippen LogP contribution in [0.2, 0.25) is 0 Å². The largest absolute Gasteiger partial charge is 0.464 e. The Kier molecular flexibility index (Phi) is 18.8. The molecular weight excluding hydrogens is 795 g/mol. The molecule has 0 aliphatic rings. The van der Waals surface area contributed by atoms with Gasteiger partial charge in [-0.1, -0.05) is 20.8 Å². The van der Waals surface area contributed by atoms with Crippen LogP contribution in [0.5, 0.6) is 0 Å². The molecule has 3 aromatic rings. The van der Waals surface area contributed by atoms with E-state index in [-0.39, 0.29) is 74.6 Å². The number of aliphatic hydroxyl groups is 1. The fraction of sp³-hybridized carbons (Fsp3) is 0.561. The number of nitrogens with zero attached hydrogens (tertiary/aromatic N) is 3. The Morgan fingerprint density at radius 1 is 0.738 bits per heavy atom. The topological polar surface area (TPSA) is 247 Å². The highest BCUT2D eigenvalue weighted by atomic mass is 16.7. The molecule has 0 aliphatic heterocycles. The van der Waals surface area contributed by atoms with E-state index in [4.69, 9.17) is 18.9 Å². The van der Waals surface area contributed by atoms with Crippen molar-refractivity contribution in [3.8, 4) is 0 Å². The number of carbonyl (C=O) groups excluding carboxylic acids is 6. The summed E-state index contributed by atoms with van der Waals surface area (Å²) in [5, 5.41) is 26.0. The number of hydrogen-bond acceptors (Lipinski definition) is 12. The molecular formula is C41H63N9O11. The van der Waals surface area contributed by atoms with Gasteiger partial charge in [0, 0.05) is 66.3 Å². The summed E-state index contributed by atoms with van der Waals surface area (Å²) in [5.74, 6) is -2.38.